The summed E-state index contributed by atoms with van der Waals surface area (Å²) in [6.07, 6.45) is 3.95. The van der Waals surface area contributed by atoms with Gasteiger partial charge in [0.15, 0.2) is 17.3 Å². The number of nitrogen functional groups attached to an aromatic ring is 1. The van der Waals surface area contributed by atoms with E-state index in [0.717, 1.165) is 16.8 Å². The van der Waals surface area contributed by atoms with E-state index in [9.17, 15) is 0 Å². The quantitative estimate of drug-likeness (QED) is 0.639. The number of rotatable bonds is 7. The number of hydrogen-bond acceptors (Lipinski definition) is 7. The topological polar surface area (TPSA) is 95.2 Å². The highest BCUT2D eigenvalue weighted by atomic mass is 16.5. The van der Waals surface area contributed by atoms with E-state index in [1.54, 1.807) is 7.11 Å². The highest BCUT2D eigenvalue weighted by Gasteiger charge is 2.10. The summed E-state index contributed by atoms with van der Waals surface area (Å²) in [7, 11) is 1.60. The van der Waals surface area contributed by atoms with Crippen LogP contribution in [0.4, 0.5) is 17.6 Å². The van der Waals surface area contributed by atoms with E-state index < -0.39 is 0 Å². The van der Waals surface area contributed by atoms with Crippen molar-refractivity contribution in [3.8, 4) is 11.5 Å². The van der Waals surface area contributed by atoms with E-state index in [1.807, 2.05) is 68.5 Å². The lowest BCUT2D eigenvalue weighted by Gasteiger charge is -2.12. The van der Waals surface area contributed by atoms with E-state index in [4.69, 9.17) is 15.2 Å². The number of methoxy groups -OCH3 is 1. The van der Waals surface area contributed by atoms with Crippen LogP contribution in [0.1, 0.15) is 23.9 Å². The second-order valence-electron chi connectivity index (χ2n) is 6.07. The molecule has 0 aliphatic rings. The van der Waals surface area contributed by atoms with Gasteiger partial charge in [-0.2, -0.15) is 15.0 Å². The molecule has 0 bridgehead atoms. The van der Waals surface area contributed by atoms with Crippen molar-refractivity contribution < 1.29 is 9.47 Å². The maximum atomic E-state index is 5.85. The zero-order chi connectivity index (χ0) is 19.9. The van der Waals surface area contributed by atoms with Crippen LogP contribution in [0, 0.1) is 6.92 Å². The molecular formula is C21H23N5O2. The molecule has 0 aliphatic heterocycles. The van der Waals surface area contributed by atoms with Gasteiger partial charge in [0, 0.05) is 5.69 Å². The van der Waals surface area contributed by atoms with Gasteiger partial charge in [-0.05, 0) is 43.2 Å². The van der Waals surface area contributed by atoms with Gasteiger partial charge in [0.25, 0.3) is 0 Å². The zero-order valence-corrected chi connectivity index (χ0v) is 16.1. The number of ether oxygens (including phenoxy) is 2. The smallest absolute Gasteiger partial charge is 0.232 e. The van der Waals surface area contributed by atoms with Crippen LogP contribution in [-0.2, 0) is 6.61 Å². The largest absolute Gasteiger partial charge is 0.493 e. The van der Waals surface area contributed by atoms with E-state index >= 15 is 0 Å². The Morgan fingerprint density at radius 1 is 1.07 bits per heavy atom. The maximum Gasteiger partial charge on any atom is 0.232 e. The number of anilines is 3. The molecule has 0 spiro atoms. The number of nitrogens with zero attached hydrogens (tertiary/aromatic N) is 3. The van der Waals surface area contributed by atoms with E-state index in [-0.39, 0.29) is 12.6 Å². The van der Waals surface area contributed by atoms with Gasteiger partial charge >= 0.3 is 0 Å². The van der Waals surface area contributed by atoms with Gasteiger partial charge in [0.2, 0.25) is 11.9 Å². The van der Waals surface area contributed by atoms with Crippen molar-refractivity contribution in [2.75, 3.05) is 18.2 Å². The van der Waals surface area contributed by atoms with Crippen molar-refractivity contribution in [1.29, 1.82) is 0 Å². The first-order chi connectivity index (χ1) is 13.6. The molecule has 0 atom stereocenters. The van der Waals surface area contributed by atoms with Crippen molar-refractivity contribution in [2.45, 2.75) is 20.5 Å². The molecule has 0 amide bonds. The SMILES string of the molecule is CC=Cc1ccc(OCc2nc(N)nc(Nc3ccccc3C)n2)c(OC)c1. The lowest BCUT2D eigenvalue weighted by molar-refractivity contribution is 0.276. The number of hydrogen-bond donors (Lipinski definition) is 2. The summed E-state index contributed by atoms with van der Waals surface area (Å²) in [5.41, 5.74) is 8.85. The molecule has 7 heteroatoms. The number of para-hydroxylation sites is 1. The molecule has 0 radical (unpaired) electrons. The fourth-order valence-corrected chi connectivity index (χ4v) is 2.63. The molecule has 0 unspecified atom stereocenters. The first kappa shape index (κ1) is 19.2. The van der Waals surface area contributed by atoms with Gasteiger partial charge in [-0.3, -0.25) is 0 Å². The van der Waals surface area contributed by atoms with E-state index in [1.165, 1.54) is 0 Å². The lowest BCUT2D eigenvalue weighted by atomic mass is 10.2. The molecule has 2 aromatic carbocycles. The molecule has 7 nitrogen and oxygen atoms in total. The molecular weight excluding hydrogens is 354 g/mol. The number of benzene rings is 2. The van der Waals surface area contributed by atoms with Gasteiger partial charge in [0.05, 0.1) is 7.11 Å². The van der Waals surface area contributed by atoms with Gasteiger partial charge < -0.3 is 20.5 Å². The van der Waals surface area contributed by atoms with Crippen LogP contribution in [0.5, 0.6) is 11.5 Å². The van der Waals surface area contributed by atoms with Gasteiger partial charge in [-0.15, -0.1) is 0 Å². The van der Waals surface area contributed by atoms with Crippen LogP contribution in [0.2, 0.25) is 0 Å². The van der Waals surface area contributed by atoms with Crippen molar-refractivity contribution >= 4 is 23.7 Å². The normalized spacial score (nSPS) is 10.8. The van der Waals surface area contributed by atoms with Crippen molar-refractivity contribution in [3.05, 3.63) is 65.5 Å². The van der Waals surface area contributed by atoms with E-state index in [2.05, 4.69) is 20.3 Å². The van der Waals surface area contributed by atoms with Crippen molar-refractivity contribution in [1.82, 2.24) is 15.0 Å². The van der Waals surface area contributed by atoms with Crippen LogP contribution in [0.25, 0.3) is 6.08 Å². The summed E-state index contributed by atoms with van der Waals surface area (Å²) in [6, 6.07) is 13.6. The van der Waals surface area contributed by atoms with Crippen LogP contribution in [0.3, 0.4) is 0 Å². The Hall–Kier alpha value is -3.61. The Bertz CT molecular complexity index is 988. The molecule has 28 heavy (non-hydrogen) atoms. The molecule has 1 heterocycles. The molecule has 144 valence electrons. The lowest BCUT2D eigenvalue weighted by Crippen LogP contribution is -2.10. The van der Waals surface area contributed by atoms with Crippen LogP contribution in [0.15, 0.2) is 48.5 Å². The predicted molar refractivity (Wildman–Crippen MR) is 111 cm³/mol. The molecule has 1 aromatic heterocycles. The third-order valence-electron chi connectivity index (χ3n) is 3.99. The van der Waals surface area contributed by atoms with E-state index in [0.29, 0.717) is 23.3 Å². The minimum absolute atomic E-state index is 0.125. The molecule has 3 N–H and O–H groups in total. The number of aromatic nitrogens is 3. The molecule has 0 fully saturated rings. The minimum Gasteiger partial charge on any atom is -0.493 e. The summed E-state index contributed by atoms with van der Waals surface area (Å²) in [5.74, 6) is 2.15. The highest BCUT2D eigenvalue weighted by molar-refractivity contribution is 5.58. The van der Waals surface area contributed by atoms with Crippen LogP contribution in [-0.4, -0.2) is 22.1 Å². The first-order valence-electron chi connectivity index (χ1n) is 8.85. The zero-order valence-electron chi connectivity index (χ0n) is 16.1. The highest BCUT2D eigenvalue weighted by Crippen LogP contribution is 2.29. The predicted octanol–water partition coefficient (Wildman–Crippen LogP) is 4.13. The van der Waals surface area contributed by atoms with Gasteiger partial charge in [-0.1, -0.05) is 36.4 Å². The first-order valence-corrected chi connectivity index (χ1v) is 8.85. The van der Waals surface area contributed by atoms with Crippen molar-refractivity contribution in [3.63, 3.8) is 0 Å². The standard InChI is InChI=1S/C21H23N5O2/c1-4-7-15-10-11-17(18(12-15)27-3)28-13-19-24-20(22)26-21(25-19)23-16-9-6-5-8-14(16)2/h4-12H,13H2,1-3H3,(H3,22,23,24,25,26). The summed E-state index contributed by atoms with van der Waals surface area (Å²) in [4.78, 5) is 12.7. The Morgan fingerprint density at radius 2 is 1.89 bits per heavy atom. The molecule has 0 saturated heterocycles. The minimum atomic E-state index is 0.125. The number of nitrogens with two attached hydrogens (primary N) is 1. The average Bonchev–Trinajstić information content (AvgIpc) is 2.68. The fraction of sp³-hybridized carbons (Fsp3) is 0.190. The summed E-state index contributed by atoms with van der Waals surface area (Å²) in [6.45, 7) is 4.10. The van der Waals surface area contributed by atoms with Gasteiger partial charge in [0.1, 0.15) is 6.61 Å². The summed E-state index contributed by atoms with van der Waals surface area (Å²) >= 11 is 0. The molecule has 3 rings (SSSR count). The average molecular weight is 377 g/mol. The van der Waals surface area contributed by atoms with Gasteiger partial charge in [-0.25, -0.2) is 0 Å². The number of allylic oxidation sites excluding steroid dienone is 1. The monoisotopic (exact) mass is 377 g/mol. The van der Waals surface area contributed by atoms with Crippen molar-refractivity contribution in [2.24, 2.45) is 0 Å². The summed E-state index contributed by atoms with van der Waals surface area (Å²) < 4.78 is 11.3. The third-order valence-corrected chi connectivity index (χ3v) is 3.99. The summed E-state index contributed by atoms with van der Waals surface area (Å²) in [5, 5.41) is 3.17. The Balaban J connectivity index is 1.76. The van der Waals surface area contributed by atoms with Crippen LogP contribution >= 0.6 is 0 Å². The number of aryl methyl sites for hydroxylation is 1. The third kappa shape index (κ3) is 4.76. The molecule has 3 aromatic rings. The second-order valence-corrected chi connectivity index (χ2v) is 6.07. The fourth-order valence-electron chi connectivity index (χ4n) is 2.63. The molecule has 0 aliphatic carbocycles. The second kappa shape index (κ2) is 8.85. The number of nitrogens with one attached hydrogen (secondary N) is 1. The maximum absolute atomic E-state index is 5.85. The Kier molecular flexibility index (Phi) is 6.06. The van der Waals surface area contributed by atoms with Crippen LogP contribution < -0.4 is 20.5 Å². The molecule has 0 saturated carbocycles. The Labute approximate surface area is 164 Å². The Morgan fingerprint density at radius 3 is 2.64 bits per heavy atom.